The fourth-order valence-corrected chi connectivity index (χ4v) is 1.79. The van der Waals surface area contributed by atoms with Crippen molar-refractivity contribution in [3.63, 3.8) is 0 Å². The molecule has 0 amide bonds. The minimum atomic E-state index is -4.31. The van der Waals surface area contributed by atoms with Crippen LogP contribution in [0, 0.1) is 0 Å². The van der Waals surface area contributed by atoms with Crippen molar-refractivity contribution in [1.82, 2.24) is 10.3 Å². The first-order valence-corrected chi connectivity index (χ1v) is 5.82. The van der Waals surface area contributed by atoms with E-state index in [1.165, 1.54) is 12.1 Å². The smallest absolute Gasteiger partial charge is 0.309 e. The van der Waals surface area contributed by atoms with E-state index in [9.17, 15) is 13.2 Å². The fraction of sp³-hybridized carbons (Fsp3) is 0.214. The van der Waals surface area contributed by atoms with E-state index in [1.807, 2.05) is 12.1 Å². The minimum absolute atomic E-state index is 0. The molecule has 1 heterocycles. The molecule has 1 N–H and O–H groups in total. The number of hydrogen-bond acceptors (Lipinski definition) is 2. The highest BCUT2D eigenvalue weighted by molar-refractivity contribution is 5.85. The number of nitrogens with one attached hydrogen (secondary N) is 1. The molecule has 21 heavy (non-hydrogen) atoms. The van der Waals surface area contributed by atoms with Crippen molar-refractivity contribution >= 4 is 24.8 Å². The first-order chi connectivity index (χ1) is 9.07. The van der Waals surface area contributed by atoms with Crippen LogP contribution in [0.3, 0.4) is 0 Å². The maximum atomic E-state index is 12.8. The normalized spacial score (nSPS) is 10.4. The van der Waals surface area contributed by atoms with Crippen LogP contribution in [0.2, 0.25) is 0 Å². The Labute approximate surface area is 133 Å². The summed E-state index contributed by atoms with van der Waals surface area (Å²) in [6, 6.07) is 9.24. The van der Waals surface area contributed by atoms with Crippen molar-refractivity contribution in [2.24, 2.45) is 0 Å². The number of pyridine rings is 1. The lowest BCUT2D eigenvalue weighted by atomic mass is 10.1. The third-order valence-electron chi connectivity index (χ3n) is 2.72. The van der Waals surface area contributed by atoms with Gasteiger partial charge in [0, 0.05) is 25.5 Å². The number of rotatable bonds is 4. The molecule has 0 aliphatic rings. The molecule has 116 valence electrons. The molecule has 2 nitrogen and oxygen atoms in total. The molecular weight excluding hydrogens is 324 g/mol. The molecule has 0 spiro atoms. The van der Waals surface area contributed by atoms with Crippen LogP contribution in [-0.2, 0) is 19.3 Å². The van der Waals surface area contributed by atoms with E-state index in [0.29, 0.717) is 6.54 Å². The summed E-state index contributed by atoms with van der Waals surface area (Å²) in [6.07, 6.45) is -1.00. The van der Waals surface area contributed by atoms with Crippen molar-refractivity contribution in [3.05, 3.63) is 65.5 Å². The highest BCUT2D eigenvalue weighted by atomic mass is 35.5. The monoisotopic (exact) mass is 338 g/mol. The second-order valence-electron chi connectivity index (χ2n) is 4.11. The second kappa shape index (κ2) is 8.87. The Kier molecular flexibility index (Phi) is 8.32. The van der Waals surface area contributed by atoms with Crippen LogP contribution in [0.25, 0.3) is 0 Å². The SMILES string of the molecule is Cl.Cl.FC(F)(F)c1ccccc1CNCc1ccncc1. The van der Waals surface area contributed by atoms with Gasteiger partial charge in [0.05, 0.1) is 5.56 Å². The summed E-state index contributed by atoms with van der Waals surface area (Å²) < 4.78 is 38.3. The third kappa shape index (κ3) is 5.91. The lowest BCUT2D eigenvalue weighted by Gasteiger charge is -2.13. The highest BCUT2D eigenvalue weighted by Gasteiger charge is 2.32. The Morgan fingerprint density at radius 3 is 2.14 bits per heavy atom. The van der Waals surface area contributed by atoms with Crippen LogP contribution in [-0.4, -0.2) is 4.98 Å². The number of benzene rings is 1. The summed E-state index contributed by atoms with van der Waals surface area (Å²) in [6.45, 7) is 0.687. The molecule has 0 saturated heterocycles. The molecule has 0 atom stereocenters. The third-order valence-corrected chi connectivity index (χ3v) is 2.72. The molecule has 0 fully saturated rings. The fourth-order valence-electron chi connectivity index (χ4n) is 1.79. The largest absolute Gasteiger partial charge is 0.416 e. The first-order valence-electron chi connectivity index (χ1n) is 5.82. The molecule has 0 aliphatic carbocycles. The predicted molar refractivity (Wildman–Crippen MR) is 80.7 cm³/mol. The molecule has 0 saturated carbocycles. The van der Waals surface area contributed by atoms with Gasteiger partial charge in [-0.2, -0.15) is 13.2 Å². The van der Waals surface area contributed by atoms with Gasteiger partial charge in [-0.15, -0.1) is 24.8 Å². The average molecular weight is 339 g/mol. The molecule has 7 heteroatoms. The zero-order valence-electron chi connectivity index (χ0n) is 10.9. The second-order valence-corrected chi connectivity index (χ2v) is 4.11. The van der Waals surface area contributed by atoms with Gasteiger partial charge in [0.15, 0.2) is 0 Å². The molecule has 0 unspecified atom stereocenters. The standard InChI is InChI=1S/C14H13F3N2.2ClH/c15-14(16,17)13-4-2-1-3-12(13)10-19-9-11-5-7-18-8-6-11;;/h1-8,19H,9-10H2;2*1H. The van der Waals surface area contributed by atoms with Gasteiger partial charge >= 0.3 is 6.18 Å². The van der Waals surface area contributed by atoms with Crippen LogP contribution in [0.5, 0.6) is 0 Å². The van der Waals surface area contributed by atoms with E-state index in [2.05, 4.69) is 10.3 Å². The van der Waals surface area contributed by atoms with Gasteiger partial charge in [-0.05, 0) is 29.3 Å². The summed E-state index contributed by atoms with van der Waals surface area (Å²) in [5, 5.41) is 3.00. The lowest BCUT2D eigenvalue weighted by Crippen LogP contribution is -2.17. The topological polar surface area (TPSA) is 24.9 Å². The summed E-state index contributed by atoms with van der Waals surface area (Å²) in [4.78, 5) is 3.88. The minimum Gasteiger partial charge on any atom is -0.309 e. The van der Waals surface area contributed by atoms with Crippen molar-refractivity contribution in [2.45, 2.75) is 19.3 Å². The maximum absolute atomic E-state index is 12.8. The van der Waals surface area contributed by atoms with Crippen molar-refractivity contribution in [3.8, 4) is 0 Å². The Balaban J connectivity index is 0.00000200. The van der Waals surface area contributed by atoms with Crippen LogP contribution >= 0.6 is 24.8 Å². The first kappa shape index (κ1) is 19.7. The molecule has 0 bridgehead atoms. The number of halogens is 5. The van der Waals surface area contributed by atoms with Gasteiger partial charge in [-0.25, -0.2) is 0 Å². The van der Waals surface area contributed by atoms with E-state index in [4.69, 9.17) is 0 Å². The van der Waals surface area contributed by atoms with Crippen LogP contribution in [0.4, 0.5) is 13.2 Å². The Bertz CT molecular complexity index is 533. The van der Waals surface area contributed by atoms with Crippen molar-refractivity contribution in [1.29, 1.82) is 0 Å². The number of alkyl halides is 3. The van der Waals surface area contributed by atoms with Crippen LogP contribution < -0.4 is 5.32 Å². The van der Waals surface area contributed by atoms with Crippen molar-refractivity contribution < 1.29 is 13.2 Å². The Morgan fingerprint density at radius 2 is 1.52 bits per heavy atom. The lowest BCUT2D eigenvalue weighted by molar-refractivity contribution is -0.138. The summed E-state index contributed by atoms with van der Waals surface area (Å²) in [7, 11) is 0. The molecule has 2 rings (SSSR count). The molecule has 2 aromatic rings. The molecule has 0 aliphatic heterocycles. The predicted octanol–water partition coefficient (Wildman–Crippen LogP) is 4.23. The van der Waals surface area contributed by atoms with Crippen LogP contribution in [0.1, 0.15) is 16.7 Å². The quantitative estimate of drug-likeness (QED) is 0.902. The highest BCUT2D eigenvalue weighted by Crippen LogP contribution is 2.31. The van der Waals surface area contributed by atoms with E-state index >= 15 is 0 Å². The van der Waals surface area contributed by atoms with Gasteiger partial charge in [0.1, 0.15) is 0 Å². The van der Waals surface area contributed by atoms with Gasteiger partial charge in [0.2, 0.25) is 0 Å². The molecular formula is C14H15Cl2F3N2. The number of nitrogens with zero attached hydrogens (tertiary/aromatic N) is 1. The van der Waals surface area contributed by atoms with Crippen molar-refractivity contribution in [2.75, 3.05) is 0 Å². The van der Waals surface area contributed by atoms with Gasteiger partial charge in [-0.1, -0.05) is 18.2 Å². The zero-order chi connectivity index (χ0) is 13.7. The van der Waals surface area contributed by atoms with Gasteiger partial charge in [0.25, 0.3) is 0 Å². The van der Waals surface area contributed by atoms with Gasteiger partial charge in [-0.3, -0.25) is 4.98 Å². The van der Waals surface area contributed by atoms with Crippen LogP contribution in [0.15, 0.2) is 48.8 Å². The van der Waals surface area contributed by atoms with E-state index < -0.39 is 11.7 Å². The van der Waals surface area contributed by atoms with E-state index in [-0.39, 0.29) is 36.9 Å². The Hall–Kier alpha value is -1.30. The average Bonchev–Trinajstić information content (AvgIpc) is 2.39. The number of hydrogen-bond donors (Lipinski definition) is 1. The maximum Gasteiger partial charge on any atom is 0.416 e. The molecule has 1 aromatic heterocycles. The summed E-state index contributed by atoms with van der Waals surface area (Å²) in [5.74, 6) is 0. The van der Waals surface area contributed by atoms with Gasteiger partial charge < -0.3 is 5.32 Å². The molecule has 1 aromatic carbocycles. The molecule has 0 radical (unpaired) electrons. The zero-order valence-corrected chi connectivity index (χ0v) is 12.6. The summed E-state index contributed by atoms with van der Waals surface area (Å²) >= 11 is 0. The number of aromatic nitrogens is 1. The van der Waals surface area contributed by atoms with E-state index in [1.54, 1.807) is 18.5 Å². The Morgan fingerprint density at radius 1 is 0.905 bits per heavy atom. The van der Waals surface area contributed by atoms with E-state index in [0.717, 1.165) is 11.6 Å². The summed E-state index contributed by atoms with van der Waals surface area (Å²) in [5.41, 5.74) is 0.653.